The van der Waals surface area contributed by atoms with Gasteiger partial charge in [0.1, 0.15) is 12.6 Å². The van der Waals surface area contributed by atoms with Crippen LogP contribution in [0.5, 0.6) is 0 Å². The van der Waals surface area contributed by atoms with Gasteiger partial charge in [-0.3, -0.25) is 0 Å². The number of carbonyl (C=O) groups is 1. The molecular weight excluding hydrogens is 214 g/mol. The van der Waals surface area contributed by atoms with E-state index in [4.69, 9.17) is 4.74 Å². The molecule has 1 N–H and O–H groups in total. The summed E-state index contributed by atoms with van der Waals surface area (Å²) in [5.74, 6) is -0.268. The van der Waals surface area contributed by atoms with Gasteiger partial charge in [-0.25, -0.2) is 4.79 Å². The van der Waals surface area contributed by atoms with E-state index in [2.05, 4.69) is 18.8 Å². The highest BCUT2D eigenvalue weighted by molar-refractivity contribution is 5.79. The van der Waals surface area contributed by atoms with E-state index in [1.807, 2.05) is 24.3 Å². The molecule has 0 aliphatic heterocycles. The van der Waals surface area contributed by atoms with Crippen LogP contribution < -0.4 is 5.32 Å². The maximum absolute atomic E-state index is 11.6. The predicted molar refractivity (Wildman–Crippen MR) is 70.1 cm³/mol. The zero-order valence-corrected chi connectivity index (χ0v) is 10.4. The smallest absolute Gasteiger partial charge is 0.328 e. The Morgan fingerprint density at radius 3 is 2.88 bits per heavy atom. The lowest BCUT2D eigenvalue weighted by atomic mass is 10.1. The number of hydrogen-bond donors (Lipinski definition) is 1. The molecule has 1 atom stereocenters. The van der Waals surface area contributed by atoms with Crippen LogP contribution in [-0.4, -0.2) is 18.6 Å². The molecule has 0 saturated heterocycles. The molecule has 92 valence electrons. The Morgan fingerprint density at radius 1 is 1.53 bits per heavy atom. The van der Waals surface area contributed by atoms with Crippen molar-refractivity contribution in [1.82, 2.24) is 0 Å². The van der Waals surface area contributed by atoms with Crippen molar-refractivity contribution >= 4 is 11.7 Å². The van der Waals surface area contributed by atoms with Gasteiger partial charge in [0.25, 0.3) is 0 Å². The van der Waals surface area contributed by atoms with Crippen LogP contribution in [0.3, 0.4) is 0 Å². The minimum Gasteiger partial charge on any atom is -0.460 e. The van der Waals surface area contributed by atoms with Gasteiger partial charge in [-0.05, 0) is 25.0 Å². The molecule has 0 amide bonds. The van der Waals surface area contributed by atoms with Crippen molar-refractivity contribution in [2.75, 3.05) is 11.9 Å². The molecule has 1 aromatic rings. The lowest BCUT2D eigenvalue weighted by Crippen LogP contribution is -2.28. The first-order chi connectivity index (χ1) is 8.19. The van der Waals surface area contributed by atoms with Crippen molar-refractivity contribution in [2.24, 2.45) is 0 Å². The van der Waals surface area contributed by atoms with Gasteiger partial charge in [-0.15, -0.1) is 0 Å². The van der Waals surface area contributed by atoms with Gasteiger partial charge in [-0.1, -0.05) is 37.8 Å². The van der Waals surface area contributed by atoms with Crippen LogP contribution >= 0.6 is 0 Å². The second kappa shape index (κ2) is 6.74. The standard InChI is InChI=1S/C14H19NO2/c1-4-10-17-14(16)11(3)15-13-9-7-6-8-12(13)5-2/h4,6-9,11,15H,1,5,10H2,2-3H3. The Balaban J connectivity index is 2.63. The summed E-state index contributed by atoms with van der Waals surface area (Å²) in [4.78, 5) is 11.6. The average Bonchev–Trinajstić information content (AvgIpc) is 2.36. The SMILES string of the molecule is C=CCOC(=O)C(C)Nc1ccccc1CC. The summed E-state index contributed by atoms with van der Waals surface area (Å²) in [5.41, 5.74) is 2.17. The fraction of sp³-hybridized carbons (Fsp3) is 0.357. The van der Waals surface area contributed by atoms with Crippen LogP contribution in [0.4, 0.5) is 5.69 Å². The predicted octanol–water partition coefficient (Wildman–Crippen LogP) is 2.78. The summed E-state index contributed by atoms with van der Waals surface area (Å²) in [6, 6.07) is 7.59. The first kappa shape index (κ1) is 13.3. The third-order valence-corrected chi connectivity index (χ3v) is 2.47. The first-order valence-electron chi connectivity index (χ1n) is 5.81. The molecule has 1 aromatic carbocycles. The van der Waals surface area contributed by atoms with Crippen molar-refractivity contribution in [2.45, 2.75) is 26.3 Å². The Hall–Kier alpha value is -1.77. The van der Waals surface area contributed by atoms with Crippen molar-refractivity contribution in [3.63, 3.8) is 0 Å². The van der Waals surface area contributed by atoms with E-state index in [0.717, 1.165) is 12.1 Å². The van der Waals surface area contributed by atoms with Gasteiger partial charge in [0.05, 0.1) is 0 Å². The van der Waals surface area contributed by atoms with E-state index in [1.54, 1.807) is 13.0 Å². The summed E-state index contributed by atoms with van der Waals surface area (Å²) in [7, 11) is 0. The monoisotopic (exact) mass is 233 g/mol. The van der Waals surface area contributed by atoms with Crippen LogP contribution in [0.1, 0.15) is 19.4 Å². The lowest BCUT2D eigenvalue weighted by Gasteiger charge is -2.16. The molecule has 0 radical (unpaired) electrons. The summed E-state index contributed by atoms with van der Waals surface area (Å²) in [5, 5.41) is 3.16. The number of benzene rings is 1. The number of ether oxygens (including phenoxy) is 1. The molecule has 1 rings (SSSR count). The first-order valence-corrected chi connectivity index (χ1v) is 5.81. The molecule has 0 aromatic heterocycles. The molecule has 0 aliphatic carbocycles. The van der Waals surface area contributed by atoms with Crippen molar-refractivity contribution in [3.8, 4) is 0 Å². The molecule has 17 heavy (non-hydrogen) atoms. The fourth-order valence-corrected chi connectivity index (χ4v) is 1.53. The van der Waals surface area contributed by atoms with Gasteiger partial charge in [0, 0.05) is 5.69 Å². The molecule has 1 unspecified atom stereocenters. The van der Waals surface area contributed by atoms with Crippen molar-refractivity contribution in [1.29, 1.82) is 0 Å². The van der Waals surface area contributed by atoms with Gasteiger partial charge in [-0.2, -0.15) is 0 Å². The van der Waals surface area contributed by atoms with Gasteiger partial charge in [0.15, 0.2) is 0 Å². The molecule has 3 nitrogen and oxygen atoms in total. The average molecular weight is 233 g/mol. The van der Waals surface area contributed by atoms with E-state index >= 15 is 0 Å². The number of hydrogen-bond acceptors (Lipinski definition) is 3. The molecule has 0 saturated carbocycles. The number of anilines is 1. The Bertz CT molecular complexity index is 388. The number of para-hydroxylation sites is 1. The maximum atomic E-state index is 11.6. The minimum atomic E-state index is -0.359. The highest BCUT2D eigenvalue weighted by atomic mass is 16.5. The van der Waals surface area contributed by atoms with Gasteiger partial charge >= 0.3 is 5.97 Å². The quantitative estimate of drug-likeness (QED) is 0.606. The molecule has 0 aliphatic rings. The minimum absolute atomic E-state index is 0.250. The van der Waals surface area contributed by atoms with E-state index in [-0.39, 0.29) is 18.6 Å². The normalized spacial score (nSPS) is 11.6. The second-order valence-electron chi connectivity index (χ2n) is 3.80. The molecule has 0 spiro atoms. The topological polar surface area (TPSA) is 38.3 Å². The van der Waals surface area contributed by atoms with Gasteiger partial charge in [0.2, 0.25) is 0 Å². The van der Waals surface area contributed by atoms with E-state index in [0.29, 0.717) is 0 Å². The van der Waals surface area contributed by atoms with Crippen LogP contribution in [0.25, 0.3) is 0 Å². The largest absolute Gasteiger partial charge is 0.460 e. The Kier molecular flexibility index (Phi) is 5.27. The Morgan fingerprint density at radius 2 is 2.24 bits per heavy atom. The van der Waals surface area contributed by atoms with Crippen LogP contribution in [0.15, 0.2) is 36.9 Å². The van der Waals surface area contributed by atoms with E-state index in [1.165, 1.54) is 5.56 Å². The number of aryl methyl sites for hydroxylation is 1. The molecule has 0 bridgehead atoms. The van der Waals surface area contributed by atoms with Crippen LogP contribution in [-0.2, 0) is 16.0 Å². The molecular formula is C14H19NO2. The van der Waals surface area contributed by atoms with E-state index < -0.39 is 0 Å². The third kappa shape index (κ3) is 3.94. The summed E-state index contributed by atoms with van der Waals surface area (Å²) in [6.07, 6.45) is 2.49. The lowest BCUT2D eigenvalue weighted by molar-refractivity contribution is -0.142. The number of esters is 1. The summed E-state index contributed by atoms with van der Waals surface area (Å²) < 4.78 is 4.98. The maximum Gasteiger partial charge on any atom is 0.328 e. The van der Waals surface area contributed by atoms with Crippen molar-refractivity contribution < 1.29 is 9.53 Å². The molecule has 0 fully saturated rings. The number of carbonyl (C=O) groups excluding carboxylic acids is 1. The highest BCUT2D eigenvalue weighted by Gasteiger charge is 2.14. The number of rotatable bonds is 6. The fourth-order valence-electron chi connectivity index (χ4n) is 1.53. The molecule has 0 heterocycles. The van der Waals surface area contributed by atoms with Crippen LogP contribution in [0.2, 0.25) is 0 Å². The third-order valence-electron chi connectivity index (χ3n) is 2.47. The summed E-state index contributed by atoms with van der Waals surface area (Å²) >= 11 is 0. The Labute approximate surface area is 102 Å². The zero-order chi connectivity index (χ0) is 12.7. The highest BCUT2D eigenvalue weighted by Crippen LogP contribution is 2.16. The van der Waals surface area contributed by atoms with Crippen LogP contribution in [0, 0.1) is 0 Å². The summed E-state index contributed by atoms with van der Waals surface area (Å²) in [6.45, 7) is 7.63. The van der Waals surface area contributed by atoms with E-state index in [9.17, 15) is 4.79 Å². The zero-order valence-electron chi connectivity index (χ0n) is 10.4. The number of nitrogens with one attached hydrogen (secondary N) is 1. The van der Waals surface area contributed by atoms with Gasteiger partial charge < -0.3 is 10.1 Å². The second-order valence-corrected chi connectivity index (χ2v) is 3.80. The van der Waals surface area contributed by atoms with Crippen molar-refractivity contribution in [3.05, 3.63) is 42.5 Å². The molecule has 3 heteroatoms.